The Kier molecular flexibility index (Phi) is 5.60. The normalized spacial score (nSPS) is 18.3. The summed E-state index contributed by atoms with van der Waals surface area (Å²) < 4.78 is 1.77. The van der Waals surface area contributed by atoms with Gasteiger partial charge in [-0.25, -0.2) is 9.97 Å². The highest BCUT2D eigenvalue weighted by Crippen LogP contribution is 2.31. The van der Waals surface area contributed by atoms with Gasteiger partial charge < -0.3 is 4.90 Å². The van der Waals surface area contributed by atoms with Gasteiger partial charge in [0, 0.05) is 37.4 Å². The molecule has 0 spiro atoms. The molecule has 2 aromatic heterocycles. The zero-order chi connectivity index (χ0) is 16.9. The third kappa shape index (κ3) is 4.20. The van der Waals surface area contributed by atoms with E-state index in [-0.39, 0.29) is 5.91 Å². The second-order valence-corrected chi connectivity index (χ2v) is 7.60. The van der Waals surface area contributed by atoms with Crippen molar-refractivity contribution in [2.75, 3.05) is 13.1 Å². The van der Waals surface area contributed by atoms with Crippen molar-refractivity contribution < 1.29 is 4.79 Å². The van der Waals surface area contributed by atoms with Crippen molar-refractivity contribution in [1.82, 2.24) is 24.6 Å². The van der Waals surface area contributed by atoms with Crippen LogP contribution < -0.4 is 0 Å². The molecule has 0 unspecified atom stereocenters. The Hall–Kier alpha value is -1.76. The molecule has 0 saturated carbocycles. The fourth-order valence-electron chi connectivity index (χ4n) is 3.06. The van der Waals surface area contributed by atoms with Crippen molar-refractivity contribution in [3.05, 3.63) is 28.7 Å². The Morgan fingerprint density at radius 3 is 3.04 bits per heavy atom. The number of piperidine rings is 1. The maximum absolute atomic E-state index is 12.5. The zero-order valence-corrected chi connectivity index (χ0v) is 15.2. The summed E-state index contributed by atoms with van der Waals surface area (Å²) in [5.74, 6) is 1.11. The molecule has 0 bridgehead atoms. The van der Waals surface area contributed by atoms with Crippen LogP contribution in [0.1, 0.15) is 62.1 Å². The van der Waals surface area contributed by atoms with Gasteiger partial charge in [0.1, 0.15) is 12.7 Å². The number of thiazole rings is 1. The van der Waals surface area contributed by atoms with Crippen molar-refractivity contribution in [1.29, 1.82) is 0 Å². The molecule has 3 heterocycles. The lowest BCUT2D eigenvalue weighted by Crippen LogP contribution is -2.39. The largest absolute Gasteiger partial charge is 0.342 e. The number of amides is 1. The highest BCUT2D eigenvalue weighted by atomic mass is 32.1. The molecular weight excluding hydrogens is 322 g/mol. The van der Waals surface area contributed by atoms with E-state index in [9.17, 15) is 4.79 Å². The van der Waals surface area contributed by atoms with Crippen LogP contribution in [-0.2, 0) is 11.3 Å². The van der Waals surface area contributed by atoms with Crippen molar-refractivity contribution >= 4 is 17.2 Å². The van der Waals surface area contributed by atoms with E-state index in [0.717, 1.165) is 38.9 Å². The second kappa shape index (κ2) is 7.88. The van der Waals surface area contributed by atoms with Crippen molar-refractivity contribution in [2.45, 2.75) is 57.9 Å². The van der Waals surface area contributed by atoms with Crippen LogP contribution in [0.25, 0.3) is 0 Å². The number of carbonyl (C=O) groups is 1. The molecule has 1 fully saturated rings. The van der Waals surface area contributed by atoms with Gasteiger partial charge in [-0.2, -0.15) is 5.10 Å². The van der Waals surface area contributed by atoms with E-state index in [1.54, 1.807) is 22.3 Å². The molecule has 7 heteroatoms. The molecule has 1 aliphatic rings. The van der Waals surface area contributed by atoms with E-state index >= 15 is 0 Å². The highest BCUT2D eigenvalue weighted by Gasteiger charge is 2.26. The van der Waals surface area contributed by atoms with Gasteiger partial charge in [-0.05, 0) is 25.2 Å². The molecule has 130 valence electrons. The highest BCUT2D eigenvalue weighted by molar-refractivity contribution is 7.09. The molecule has 1 aliphatic heterocycles. The average Bonchev–Trinajstić information content (AvgIpc) is 3.26. The van der Waals surface area contributed by atoms with Crippen LogP contribution in [-0.4, -0.2) is 43.6 Å². The fraction of sp³-hybridized carbons (Fsp3) is 0.647. The third-order valence-electron chi connectivity index (χ3n) is 4.50. The minimum absolute atomic E-state index is 0.250. The van der Waals surface area contributed by atoms with Gasteiger partial charge in [-0.3, -0.25) is 9.48 Å². The van der Waals surface area contributed by atoms with Crippen LogP contribution in [0, 0.1) is 0 Å². The first-order valence-corrected chi connectivity index (χ1v) is 9.57. The van der Waals surface area contributed by atoms with E-state index in [1.807, 2.05) is 4.90 Å². The van der Waals surface area contributed by atoms with E-state index in [1.165, 1.54) is 17.0 Å². The number of rotatable bonds is 6. The summed E-state index contributed by atoms with van der Waals surface area (Å²) in [5, 5.41) is 7.43. The maximum atomic E-state index is 12.5. The molecule has 24 heavy (non-hydrogen) atoms. The molecule has 0 radical (unpaired) electrons. The monoisotopic (exact) mass is 347 g/mol. The van der Waals surface area contributed by atoms with Gasteiger partial charge in [0.25, 0.3) is 0 Å². The molecule has 1 saturated heterocycles. The topological polar surface area (TPSA) is 63.9 Å². The van der Waals surface area contributed by atoms with E-state index in [4.69, 9.17) is 4.98 Å². The molecular formula is C17H25N5OS. The Labute approximate surface area is 146 Å². The number of carbonyl (C=O) groups excluding carboxylic acids is 1. The third-order valence-corrected chi connectivity index (χ3v) is 5.52. The minimum Gasteiger partial charge on any atom is -0.342 e. The lowest BCUT2D eigenvalue weighted by Gasteiger charge is -2.32. The van der Waals surface area contributed by atoms with Gasteiger partial charge in [0.05, 0.1) is 10.7 Å². The van der Waals surface area contributed by atoms with Crippen LogP contribution in [0.5, 0.6) is 0 Å². The van der Waals surface area contributed by atoms with Crippen LogP contribution in [0.4, 0.5) is 0 Å². The first-order chi connectivity index (χ1) is 11.6. The zero-order valence-electron chi connectivity index (χ0n) is 14.4. The number of nitrogens with zero attached hydrogens (tertiary/aromatic N) is 5. The first-order valence-electron chi connectivity index (χ1n) is 8.69. The molecule has 0 aromatic carbocycles. The molecule has 0 N–H and O–H groups in total. The number of aryl methyl sites for hydroxylation is 1. The molecule has 1 atom stereocenters. The van der Waals surface area contributed by atoms with Crippen molar-refractivity contribution in [3.8, 4) is 0 Å². The number of hydrogen-bond acceptors (Lipinski definition) is 5. The SMILES string of the molecule is CC(C)c1csc([C@H]2CCCN(C(=O)CCCn3cncn3)C2)n1. The molecule has 3 rings (SSSR count). The van der Waals surface area contributed by atoms with Gasteiger partial charge in [0.2, 0.25) is 5.91 Å². The van der Waals surface area contributed by atoms with E-state index in [0.29, 0.717) is 18.3 Å². The summed E-state index contributed by atoms with van der Waals surface area (Å²) in [7, 11) is 0. The molecule has 0 aliphatic carbocycles. The van der Waals surface area contributed by atoms with Gasteiger partial charge >= 0.3 is 0 Å². The summed E-state index contributed by atoms with van der Waals surface area (Å²) in [6.07, 6.45) is 6.79. The summed E-state index contributed by atoms with van der Waals surface area (Å²) in [5.41, 5.74) is 1.17. The van der Waals surface area contributed by atoms with Crippen molar-refractivity contribution in [3.63, 3.8) is 0 Å². The Bertz CT molecular complexity index is 652. The average molecular weight is 347 g/mol. The number of aromatic nitrogens is 4. The molecule has 1 amide bonds. The quantitative estimate of drug-likeness (QED) is 0.806. The predicted molar refractivity (Wildman–Crippen MR) is 94.0 cm³/mol. The summed E-state index contributed by atoms with van der Waals surface area (Å²) in [4.78, 5) is 23.2. The number of hydrogen-bond donors (Lipinski definition) is 0. The summed E-state index contributed by atoms with van der Waals surface area (Å²) in [6.45, 7) is 6.77. The Morgan fingerprint density at radius 1 is 1.46 bits per heavy atom. The molecule has 6 nitrogen and oxygen atoms in total. The van der Waals surface area contributed by atoms with Gasteiger partial charge in [-0.1, -0.05) is 13.8 Å². The molecule has 2 aromatic rings. The van der Waals surface area contributed by atoms with E-state index < -0.39 is 0 Å². The van der Waals surface area contributed by atoms with Crippen LogP contribution in [0.2, 0.25) is 0 Å². The van der Waals surface area contributed by atoms with Crippen LogP contribution in [0.15, 0.2) is 18.0 Å². The smallest absolute Gasteiger partial charge is 0.222 e. The van der Waals surface area contributed by atoms with Crippen molar-refractivity contribution in [2.24, 2.45) is 0 Å². The minimum atomic E-state index is 0.250. The Morgan fingerprint density at radius 2 is 2.33 bits per heavy atom. The summed E-state index contributed by atoms with van der Waals surface area (Å²) >= 11 is 1.75. The lowest BCUT2D eigenvalue weighted by molar-refractivity contribution is -0.132. The Balaban J connectivity index is 1.51. The van der Waals surface area contributed by atoms with Crippen LogP contribution >= 0.6 is 11.3 Å². The maximum Gasteiger partial charge on any atom is 0.222 e. The second-order valence-electron chi connectivity index (χ2n) is 6.71. The first kappa shape index (κ1) is 17.1. The predicted octanol–water partition coefficient (Wildman–Crippen LogP) is 3.04. The fourth-order valence-corrected chi connectivity index (χ4v) is 4.17. The van der Waals surface area contributed by atoms with Gasteiger partial charge in [0.15, 0.2) is 0 Å². The number of likely N-dealkylation sites (tertiary alicyclic amines) is 1. The standard InChI is InChI=1S/C17H25N5OS/c1-13(2)15-10-24-17(20-15)14-5-3-7-21(9-14)16(23)6-4-8-22-12-18-11-19-22/h10-14H,3-9H2,1-2H3/t14-/m0/s1. The van der Waals surface area contributed by atoms with E-state index in [2.05, 4.69) is 29.3 Å². The lowest BCUT2D eigenvalue weighted by atomic mass is 9.98. The van der Waals surface area contributed by atoms with Gasteiger partial charge in [-0.15, -0.1) is 11.3 Å². The summed E-state index contributed by atoms with van der Waals surface area (Å²) in [6, 6.07) is 0. The van der Waals surface area contributed by atoms with Crippen LogP contribution in [0.3, 0.4) is 0 Å².